The molecule has 6 nitrogen and oxygen atoms in total. The van der Waals surface area contributed by atoms with Crippen molar-refractivity contribution in [2.75, 3.05) is 36.8 Å². The summed E-state index contributed by atoms with van der Waals surface area (Å²) in [5, 5.41) is 9.00. The highest BCUT2D eigenvalue weighted by molar-refractivity contribution is 6.42. The first-order valence-electron chi connectivity index (χ1n) is 9.07. The first-order valence-corrected chi connectivity index (χ1v) is 9.82. The van der Waals surface area contributed by atoms with Gasteiger partial charge in [0, 0.05) is 18.8 Å². The van der Waals surface area contributed by atoms with E-state index in [1.807, 2.05) is 0 Å². The average Bonchev–Trinajstić information content (AvgIpc) is 2.68. The van der Waals surface area contributed by atoms with Crippen molar-refractivity contribution in [2.45, 2.75) is 13.8 Å². The lowest BCUT2D eigenvalue weighted by Crippen LogP contribution is -2.35. The predicted octanol–water partition coefficient (Wildman–Crippen LogP) is 4.71. The van der Waals surface area contributed by atoms with E-state index in [-0.39, 0.29) is 5.91 Å². The van der Waals surface area contributed by atoms with Crippen LogP contribution in [0.2, 0.25) is 10.0 Å². The standard InChI is InChI=1S/C20H24Cl2N4O2/c1-3-26(4-2)12-11-23-19(27)15-7-5-6-8-18(15)25-20(28)24-14-9-10-16(21)17(22)13-14/h5-10,13H,3-4,11-12H2,1-2H3,(H,23,27)(H2,24,25,28). The minimum atomic E-state index is -0.484. The molecule has 0 bridgehead atoms. The molecule has 0 spiro atoms. The van der Waals surface area contributed by atoms with Gasteiger partial charge >= 0.3 is 6.03 Å². The summed E-state index contributed by atoms with van der Waals surface area (Å²) < 4.78 is 0. The van der Waals surface area contributed by atoms with Gasteiger partial charge in [-0.3, -0.25) is 4.79 Å². The van der Waals surface area contributed by atoms with Crippen molar-refractivity contribution < 1.29 is 9.59 Å². The molecule has 0 aliphatic heterocycles. The summed E-state index contributed by atoms with van der Waals surface area (Å²) in [5.41, 5.74) is 1.31. The summed E-state index contributed by atoms with van der Waals surface area (Å²) in [4.78, 5) is 27.0. The fraction of sp³-hybridized carbons (Fsp3) is 0.300. The van der Waals surface area contributed by atoms with Crippen LogP contribution in [-0.2, 0) is 0 Å². The Labute approximate surface area is 175 Å². The molecule has 0 aromatic heterocycles. The fourth-order valence-corrected chi connectivity index (χ4v) is 2.91. The molecule has 0 saturated carbocycles. The van der Waals surface area contributed by atoms with Crippen LogP contribution < -0.4 is 16.0 Å². The van der Waals surface area contributed by atoms with Crippen LogP contribution in [0.3, 0.4) is 0 Å². The number of nitrogens with one attached hydrogen (secondary N) is 3. The molecule has 2 aromatic rings. The SMILES string of the molecule is CCN(CC)CCNC(=O)c1ccccc1NC(=O)Nc1ccc(Cl)c(Cl)c1. The predicted molar refractivity (Wildman–Crippen MR) is 116 cm³/mol. The Balaban J connectivity index is 1.99. The van der Waals surface area contributed by atoms with Gasteiger partial charge in [0.15, 0.2) is 0 Å². The van der Waals surface area contributed by atoms with Gasteiger partial charge in [-0.25, -0.2) is 4.79 Å². The molecule has 0 aliphatic carbocycles. The number of urea groups is 1. The zero-order valence-corrected chi connectivity index (χ0v) is 17.4. The van der Waals surface area contributed by atoms with Gasteiger partial charge in [0.1, 0.15) is 0 Å². The zero-order valence-electron chi connectivity index (χ0n) is 15.9. The quantitative estimate of drug-likeness (QED) is 0.576. The number of halogens is 2. The van der Waals surface area contributed by atoms with Gasteiger partial charge in [0.2, 0.25) is 0 Å². The molecule has 3 N–H and O–H groups in total. The highest BCUT2D eigenvalue weighted by Gasteiger charge is 2.13. The topological polar surface area (TPSA) is 73.5 Å². The number of hydrogen-bond donors (Lipinski definition) is 3. The van der Waals surface area contributed by atoms with Crippen LogP contribution in [-0.4, -0.2) is 43.0 Å². The van der Waals surface area contributed by atoms with E-state index in [0.717, 1.165) is 19.6 Å². The van der Waals surface area contributed by atoms with Crippen LogP contribution in [0.5, 0.6) is 0 Å². The molecule has 150 valence electrons. The molecule has 3 amide bonds. The first-order chi connectivity index (χ1) is 13.4. The summed E-state index contributed by atoms with van der Waals surface area (Å²) in [6.07, 6.45) is 0. The van der Waals surface area contributed by atoms with Crippen LogP contribution >= 0.6 is 23.2 Å². The number of nitrogens with zero attached hydrogens (tertiary/aromatic N) is 1. The number of para-hydroxylation sites is 1. The van der Waals surface area contributed by atoms with Gasteiger partial charge in [-0.1, -0.05) is 49.2 Å². The van der Waals surface area contributed by atoms with Crippen molar-refractivity contribution in [2.24, 2.45) is 0 Å². The van der Waals surface area contributed by atoms with Crippen LogP contribution in [0.1, 0.15) is 24.2 Å². The van der Waals surface area contributed by atoms with E-state index in [2.05, 4.69) is 34.7 Å². The Morgan fingerprint density at radius 3 is 2.36 bits per heavy atom. The van der Waals surface area contributed by atoms with E-state index in [0.29, 0.717) is 33.5 Å². The van der Waals surface area contributed by atoms with Crippen molar-refractivity contribution in [1.29, 1.82) is 0 Å². The third kappa shape index (κ3) is 6.41. The lowest BCUT2D eigenvalue weighted by molar-refractivity contribution is 0.0950. The van der Waals surface area contributed by atoms with Gasteiger partial charge in [0.05, 0.1) is 21.3 Å². The van der Waals surface area contributed by atoms with Crippen LogP contribution in [0.25, 0.3) is 0 Å². The molecule has 0 saturated heterocycles. The summed E-state index contributed by atoms with van der Waals surface area (Å²) in [6.45, 7) is 7.32. The Bertz CT molecular complexity index is 826. The van der Waals surface area contributed by atoms with Crippen LogP contribution in [0.4, 0.5) is 16.2 Å². The number of likely N-dealkylation sites (N-methyl/N-ethyl adjacent to an activating group) is 1. The number of rotatable bonds is 8. The second-order valence-corrected chi connectivity index (χ2v) is 6.85. The second kappa shape index (κ2) is 10.9. The molecule has 0 atom stereocenters. The third-order valence-electron chi connectivity index (χ3n) is 4.21. The highest BCUT2D eigenvalue weighted by Crippen LogP contribution is 2.25. The highest BCUT2D eigenvalue weighted by atomic mass is 35.5. The zero-order chi connectivity index (χ0) is 20.5. The normalized spacial score (nSPS) is 10.6. The average molecular weight is 423 g/mol. The van der Waals surface area contributed by atoms with E-state index in [1.54, 1.807) is 42.5 Å². The van der Waals surface area contributed by atoms with Crippen molar-refractivity contribution in [3.63, 3.8) is 0 Å². The van der Waals surface area contributed by atoms with Crippen molar-refractivity contribution >= 4 is 46.5 Å². The van der Waals surface area contributed by atoms with E-state index in [1.165, 1.54) is 0 Å². The van der Waals surface area contributed by atoms with Crippen molar-refractivity contribution in [3.8, 4) is 0 Å². The maximum absolute atomic E-state index is 12.5. The third-order valence-corrected chi connectivity index (χ3v) is 4.94. The Hall–Kier alpha value is -2.28. The maximum atomic E-state index is 12.5. The lowest BCUT2D eigenvalue weighted by Gasteiger charge is -2.18. The van der Waals surface area contributed by atoms with Crippen LogP contribution in [0.15, 0.2) is 42.5 Å². The monoisotopic (exact) mass is 422 g/mol. The van der Waals surface area contributed by atoms with Gasteiger partial charge in [-0.05, 0) is 43.4 Å². The molecule has 0 unspecified atom stereocenters. The molecule has 28 heavy (non-hydrogen) atoms. The number of carbonyl (C=O) groups excluding carboxylic acids is 2. The van der Waals surface area contributed by atoms with Crippen molar-refractivity contribution in [3.05, 3.63) is 58.1 Å². The molecule has 0 heterocycles. The van der Waals surface area contributed by atoms with Gasteiger partial charge in [-0.15, -0.1) is 0 Å². The Kier molecular flexibility index (Phi) is 8.57. The van der Waals surface area contributed by atoms with Gasteiger partial charge in [0.25, 0.3) is 5.91 Å². The molecule has 0 radical (unpaired) electrons. The van der Waals surface area contributed by atoms with Gasteiger partial charge in [-0.2, -0.15) is 0 Å². The number of hydrogen-bond acceptors (Lipinski definition) is 3. The number of carbonyl (C=O) groups is 2. The first kappa shape index (κ1) is 22.0. The number of anilines is 2. The van der Waals surface area contributed by atoms with Crippen LogP contribution in [0, 0.1) is 0 Å². The fourth-order valence-electron chi connectivity index (χ4n) is 2.61. The van der Waals surface area contributed by atoms with E-state index >= 15 is 0 Å². The molecule has 0 aliphatic rings. The summed E-state index contributed by atoms with van der Waals surface area (Å²) in [6, 6.07) is 11.1. The number of benzene rings is 2. The van der Waals surface area contributed by atoms with E-state index in [4.69, 9.17) is 23.2 Å². The minimum Gasteiger partial charge on any atom is -0.351 e. The smallest absolute Gasteiger partial charge is 0.323 e. The molecular weight excluding hydrogens is 399 g/mol. The Morgan fingerprint density at radius 1 is 0.964 bits per heavy atom. The molecule has 2 rings (SSSR count). The molecular formula is C20H24Cl2N4O2. The van der Waals surface area contributed by atoms with Gasteiger partial charge < -0.3 is 20.9 Å². The molecule has 0 fully saturated rings. The van der Waals surface area contributed by atoms with E-state index in [9.17, 15) is 9.59 Å². The second-order valence-electron chi connectivity index (χ2n) is 6.04. The molecule has 8 heteroatoms. The van der Waals surface area contributed by atoms with Crippen molar-refractivity contribution in [1.82, 2.24) is 10.2 Å². The van der Waals surface area contributed by atoms with E-state index < -0.39 is 6.03 Å². The Morgan fingerprint density at radius 2 is 1.68 bits per heavy atom. The lowest BCUT2D eigenvalue weighted by atomic mass is 10.1. The summed E-state index contributed by atoms with van der Waals surface area (Å²) in [7, 11) is 0. The number of amides is 3. The maximum Gasteiger partial charge on any atom is 0.323 e. The minimum absolute atomic E-state index is 0.238. The summed E-state index contributed by atoms with van der Waals surface area (Å²) >= 11 is 11.8. The molecule has 2 aromatic carbocycles. The summed E-state index contributed by atoms with van der Waals surface area (Å²) in [5.74, 6) is -0.238. The largest absolute Gasteiger partial charge is 0.351 e.